The summed E-state index contributed by atoms with van der Waals surface area (Å²) < 4.78 is 0. The second-order valence-electron chi connectivity index (χ2n) is 6.00. The van der Waals surface area contributed by atoms with Crippen molar-refractivity contribution in [3.8, 4) is 0 Å². The highest BCUT2D eigenvalue weighted by Crippen LogP contribution is 2.19. The van der Waals surface area contributed by atoms with E-state index in [1.54, 1.807) is 0 Å². The van der Waals surface area contributed by atoms with E-state index in [0.29, 0.717) is 12.5 Å². The van der Waals surface area contributed by atoms with Crippen LogP contribution >= 0.6 is 0 Å². The number of nitrogens with one attached hydrogen (secondary N) is 1. The van der Waals surface area contributed by atoms with Gasteiger partial charge >= 0.3 is 0 Å². The number of carbonyl (C=O) groups is 1. The molecule has 0 saturated carbocycles. The Balaban J connectivity index is 1.96. The minimum Gasteiger partial charge on any atom is -0.378 e. The highest BCUT2D eigenvalue weighted by Gasteiger charge is 2.31. The number of anilines is 1. The maximum atomic E-state index is 12.4. The lowest BCUT2D eigenvalue weighted by Crippen LogP contribution is -2.35. The first-order valence-corrected chi connectivity index (χ1v) is 7.21. The number of rotatable bonds is 4. The van der Waals surface area contributed by atoms with Crippen molar-refractivity contribution < 1.29 is 4.79 Å². The number of hydrogen-bond donors (Lipinski definition) is 1. The lowest BCUT2D eigenvalue weighted by Gasteiger charge is -2.23. The molecule has 1 saturated heterocycles. The minimum absolute atomic E-state index is 0.126. The zero-order valence-corrected chi connectivity index (χ0v) is 12.9. The molecule has 0 aromatic heterocycles. The van der Waals surface area contributed by atoms with E-state index >= 15 is 0 Å². The summed E-state index contributed by atoms with van der Waals surface area (Å²) in [7, 11) is 5.95. The molecule has 0 bridgehead atoms. The molecule has 2 rings (SSSR count). The van der Waals surface area contributed by atoms with Crippen LogP contribution in [0.1, 0.15) is 12.5 Å². The Hall–Kier alpha value is -1.55. The maximum Gasteiger partial charge on any atom is 0.227 e. The maximum absolute atomic E-state index is 12.4. The van der Waals surface area contributed by atoms with Crippen molar-refractivity contribution >= 4 is 11.6 Å². The van der Waals surface area contributed by atoms with E-state index in [1.807, 2.05) is 26.0 Å². The van der Waals surface area contributed by atoms with Crippen LogP contribution in [-0.4, -0.2) is 45.0 Å². The summed E-state index contributed by atoms with van der Waals surface area (Å²) in [6.45, 7) is 4.57. The number of benzene rings is 1. The van der Waals surface area contributed by atoms with Gasteiger partial charge in [0.25, 0.3) is 0 Å². The Labute approximate surface area is 121 Å². The van der Waals surface area contributed by atoms with Crippen molar-refractivity contribution in [1.29, 1.82) is 0 Å². The average molecular weight is 275 g/mol. The molecule has 0 aliphatic carbocycles. The third kappa shape index (κ3) is 3.31. The Morgan fingerprint density at radius 3 is 2.35 bits per heavy atom. The summed E-state index contributed by atoms with van der Waals surface area (Å²) >= 11 is 0. The summed E-state index contributed by atoms with van der Waals surface area (Å²) in [6.07, 6.45) is 0. The van der Waals surface area contributed by atoms with Crippen LogP contribution in [0, 0.1) is 11.8 Å². The van der Waals surface area contributed by atoms with Crippen LogP contribution in [0.2, 0.25) is 0 Å². The molecule has 4 heteroatoms. The molecule has 0 spiro atoms. The van der Waals surface area contributed by atoms with Crippen molar-refractivity contribution in [2.75, 3.05) is 39.1 Å². The van der Waals surface area contributed by atoms with Gasteiger partial charge in [-0.15, -0.1) is 0 Å². The van der Waals surface area contributed by atoms with Gasteiger partial charge in [-0.2, -0.15) is 0 Å². The molecular weight excluding hydrogens is 250 g/mol. The first kappa shape index (κ1) is 14.9. The van der Waals surface area contributed by atoms with Gasteiger partial charge in [0.1, 0.15) is 0 Å². The number of hydrogen-bond acceptors (Lipinski definition) is 3. The Bertz CT molecular complexity index is 455. The molecular formula is C16H25N3O. The van der Waals surface area contributed by atoms with Crippen LogP contribution in [0.5, 0.6) is 0 Å². The van der Waals surface area contributed by atoms with E-state index in [1.165, 1.54) is 11.3 Å². The first-order chi connectivity index (χ1) is 9.49. The molecule has 4 nitrogen and oxygen atoms in total. The van der Waals surface area contributed by atoms with Gasteiger partial charge in [0.2, 0.25) is 5.91 Å². The molecule has 1 heterocycles. The van der Waals surface area contributed by atoms with Gasteiger partial charge in [0, 0.05) is 39.9 Å². The normalized spacial score (nSPS) is 21.8. The summed E-state index contributed by atoms with van der Waals surface area (Å²) in [5, 5.41) is 3.29. The van der Waals surface area contributed by atoms with Gasteiger partial charge in [-0.1, -0.05) is 19.1 Å². The second kappa shape index (κ2) is 6.27. The van der Waals surface area contributed by atoms with Crippen molar-refractivity contribution in [2.45, 2.75) is 13.5 Å². The zero-order valence-electron chi connectivity index (χ0n) is 12.9. The number of nitrogens with zero attached hydrogens (tertiary/aromatic N) is 2. The van der Waals surface area contributed by atoms with E-state index in [9.17, 15) is 4.79 Å². The quantitative estimate of drug-likeness (QED) is 0.906. The molecule has 2 atom stereocenters. The van der Waals surface area contributed by atoms with E-state index in [4.69, 9.17) is 0 Å². The predicted octanol–water partition coefficient (Wildman–Crippen LogP) is 1.57. The molecule has 1 fully saturated rings. The molecule has 1 aromatic carbocycles. The highest BCUT2D eigenvalue weighted by molar-refractivity contribution is 5.79. The zero-order chi connectivity index (χ0) is 14.7. The molecule has 0 unspecified atom stereocenters. The van der Waals surface area contributed by atoms with Crippen molar-refractivity contribution in [3.05, 3.63) is 29.8 Å². The minimum atomic E-state index is 0.126. The standard InChI is InChI=1S/C16H25N3O/c1-12-9-17-10-15(12)16(20)19(4)11-13-5-7-14(8-6-13)18(2)3/h5-8,12,15,17H,9-11H2,1-4H3/t12-,15-/m1/s1. The Morgan fingerprint density at radius 1 is 1.20 bits per heavy atom. The van der Waals surface area contributed by atoms with E-state index in [0.717, 1.165) is 13.1 Å². The predicted molar refractivity (Wildman–Crippen MR) is 82.8 cm³/mol. The van der Waals surface area contributed by atoms with Crippen LogP contribution in [0.15, 0.2) is 24.3 Å². The van der Waals surface area contributed by atoms with Crippen LogP contribution in [-0.2, 0) is 11.3 Å². The van der Waals surface area contributed by atoms with E-state index in [2.05, 4.69) is 41.4 Å². The first-order valence-electron chi connectivity index (χ1n) is 7.21. The van der Waals surface area contributed by atoms with Gasteiger partial charge in [-0.25, -0.2) is 0 Å². The smallest absolute Gasteiger partial charge is 0.227 e. The summed E-state index contributed by atoms with van der Waals surface area (Å²) in [4.78, 5) is 16.3. The van der Waals surface area contributed by atoms with Crippen LogP contribution in [0.25, 0.3) is 0 Å². The highest BCUT2D eigenvalue weighted by atomic mass is 16.2. The van der Waals surface area contributed by atoms with Gasteiger partial charge in [0.05, 0.1) is 5.92 Å². The topological polar surface area (TPSA) is 35.6 Å². The largest absolute Gasteiger partial charge is 0.378 e. The van der Waals surface area contributed by atoms with Gasteiger partial charge in [0.15, 0.2) is 0 Å². The van der Waals surface area contributed by atoms with Gasteiger partial charge in [-0.3, -0.25) is 4.79 Å². The number of carbonyl (C=O) groups excluding carboxylic acids is 1. The van der Waals surface area contributed by atoms with Crippen molar-refractivity contribution in [2.24, 2.45) is 11.8 Å². The van der Waals surface area contributed by atoms with Crippen LogP contribution < -0.4 is 10.2 Å². The molecule has 1 N–H and O–H groups in total. The fourth-order valence-electron chi connectivity index (χ4n) is 2.68. The fraction of sp³-hybridized carbons (Fsp3) is 0.562. The molecule has 1 amide bonds. The summed E-state index contributed by atoms with van der Waals surface area (Å²) in [5.74, 6) is 0.807. The van der Waals surface area contributed by atoms with E-state index < -0.39 is 0 Å². The lowest BCUT2D eigenvalue weighted by atomic mass is 9.96. The Kier molecular flexibility index (Phi) is 4.65. The SMILES string of the molecule is C[C@@H]1CNC[C@H]1C(=O)N(C)Cc1ccc(N(C)C)cc1. The van der Waals surface area contributed by atoms with Crippen LogP contribution in [0.4, 0.5) is 5.69 Å². The molecule has 110 valence electrons. The summed E-state index contributed by atoms with van der Waals surface area (Å²) in [6, 6.07) is 8.37. The molecule has 1 aliphatic rings. The third-order valence-electron chi connectivity index (χ3n) is 4.08. The molecule has 20 heavy (non-hydrogen) atoms. The molecule has 0 radical (unpaired) electrons. The van der Waals surface area contributed by atoms with Gasteiger partial charge in [-0.05, 0) is 30.2 Å². The number of amides is 1. The van der Waals surface area contributed by atoms with E-state index in [-0.39, 0.29) is 11.8 Å². The second-order valence-corrected chi connectivity index (χ2v) is 6.00. The molecule has 1 aliphatic heterocycles. The Morgan fingerprint density at radius 2 is 1.85 bits per heavy atom. The molecule has 1 aromatic rings. The van der Waals surface area contributed by atoms with Crippen molar-refractivity contribution in [3.63, 3.8) is 0 Å². The van der Waals surface area contributed by atoms with Gasteiger partial charge < -0.3 is 15.1 Å². The lowest BCUT2D eigenvalue weighted by molar-refractivity contribution is -0.135. The van der Waals surface area contributed by atoms with Crippen molar-refractivity contribution in [1.82, 2.24) is 10.2 Å². The monoisotopic (exact) mass is 275 g/mol. The summed E-state index contributed by atoms with van der Waals surface area (Å²) in [5.41, 5.74) is 2.35. The fourth-order valence-corrected chi connectivity index (χ4v) is 2.68. The third-order valence-corrected chi connectivity index (χ3v) is 4.08. The average Bonchev–Trinajstić information content (AvgIpc) is 2.84. The van der Waals surface area contributed by atoms with Crippen LogP contribution in [0.3, 0.4) is 0 Å².